The van der Waals surface area contributed by atoms with Crippen LogP contribution in [0.15, 0.2) is 36.4 Å². The molecule has 0 unspecified atom stereocenters. The van der Waals surface area contributed by atoms with Crippen molar-refractivity contribution in [2.24, 2.45) is 0 Å². The molecule has 0 spiro atoms. The Kier molecular flexibility index (Phi) is 4.33. The van der Waals surface area contributed by atoms with Crippen LogP contribution in [0.5, 0.6) is 23.0 Å². The summed E-state index contributed by atoms with van der Waals surface area (Å²) in [5.74, 6) is 1.03. The van der Waals surface area contributed by atoms with Crippen LogP contribution < -0.4 is 14.2 Å². The second-order valence-electron chi connectivity index (χ2n) is 4.31. The van der Waals surface area contributed by atoms with Crippen molar-refractivity contribution in [2.75, 3.05) is 21.3 Å². The van der Waals surface area contributed by atoms with Crippen LogP contribution in [0.4, 0.5) is 0 Å². The number of aromatic hydroxyl groups is 1. The van der Waals surface area contributed by atoms with Gasteiger partial charge in [0.1, 0.15) is 23.0 Å². The average Bonchev–Trinajstić information content (AvgIpc) is 2.53. The number of rotatable bonds is 5. The zero-order valence-electron chi connectivity index (χ0n) is 12.0. The molecular formula is C16H16O5. The minimum absolute atomic E-state index is 0.138. The lowest BCUT2D eigenvalue weighted by molar-refractivity contribution is 0.103. The minimum Gasteiger partial charge on any atom is -0.507 e. The highest BCUT2D eigenvalue weighted by molar-refractivity contribution is 6.11. The number of phenols is 1. The first-order chi connectivity index (χ1) is 10.1. The number of carbonyl (C=O) groups is 1. The summed E-state index contributed by atoms with van der Waals surface area (Å²) >= 11 is 0. The minimum atomic E-state index is -0.327. The fourth-order valence-corrected chi connectivity index (χ4v) is 1.92. The number of carbonyl (C=O) groups excluding carboxylic acids is 1. The Morgan fingerprint density at radius 2 is 1.43 bits per heavy atom. The van der Waals surface area contributed by atoms with Gasteiger partial charge in [0.2, 0.25) is 0 Å². The maximum atomic E-state index is 12.5. The van der Waals surface area contributed by atoms with Crippen LogP contribution in [0.3, 0.4) is 0 Å². The molecule has 0 fully saturated rings. The normalized spacial score (nSPS) is 10.0. The molecule has 110 valence electrons. The Bertz CT molecular complexity index is 641. The molecule has 0 heterocycles. The third-order valence-electron chi connectivity index (χ3n) is 3.06. The monoisotopic (exact) mass is 288 g/mol. The Balaban J connectivity index is 2.44. The number of hydrogen-bond donors (Lipinski definition) is 1. The Morgan fingerprint density at radius 3 is 1.90 bits per heavy atom. The van der Waals surface area contributed by atoms with Crippen molar-refractivity contribution in [1.29, 1.82) is 0 Å². The lowest BCUT2D eigenvalue weighted by Gasteiger charge is -2.09. The summed E-state index contributed by atoms with van der Waals surface area (Å²) < 4.78 is 15.3. The summed E-state index contributed by atoms with van der Waals surface area (Å²) in [6.07, 6.45) is 0. The van der Waals surface area contributed by atoms with Gasteiger partial charge in [-0.15, -0.1) is 0 Å². The predicted octanol–water partition coefficient (Wildman–Crippen LogP) is 2.65. The number of methoxy groups -OCH3 is 3. The summed E-state index contributed by atoms with van der Waals surface area (Å²) in [6.45, 7) is 0. The van der Waals surface area contributed by atoms with Gasteiger partial charge >= 0.3 is 0 Å². The van der Waals surface area contributed by atoms with E-state index < -0.39 is 0 Å². The number of hydrogen-bond acceptors (Lipinski definition) is 5. The van der Waals surface area contributed by atoms with Gasteiger partial charge in [-0.2, -0.15) is 0 Å². The van der Waals surface area contributed by atoms with Crippen molar-refractivity contribution in [3.05, 3.63) is 47.5 Å². The van der Waals surface area contributed by atoms with Crippen LogP contribution in [0.2, 0.25) is 0 Å². The highest BCUT2D eigenvalue weighted by Gasteiger charge is 2.16. The molecule has 0 aliphatic rings. The summed E-state index contributed by atoms with van der Waals surface area (Å²) in [4.78, 5) is 12.5. The molecule has 0 saturated heterocycles. The van der Waals surface area contributed by atoms with Crippen LogP contribution in [0.1, 0.15) is 15.9 Å². The van der Waals surface area contributed by atoms with Gasteiger partial charge in [-0.05, 0) is 24.3 Å². The van der Waals surface area contributed by atoms with E-state index in [0.717, 1.165) is 0 Å². The molecule has 21 heavy (non-hydrogen) atoms. The fraction of sp³-hybridized carbons (Fsp3) is 0.188. The second kappa shape index (κ2) is 6.17. The van der Waals surface area contributed by atoms with Crippen molar-refractivity contribution >= 4 is 5.78 Å². The summed E-state index contributed by atoms with van der Waals surface area (Å²) in [7, 11) is 4.50. The van der Waals surface area contributed by atoms with Gasteiger partial charge in [0.15, 0.2) is 5.78 Å². The SMILES string of the molecule is COc1cc(OC)cc(C(=O)c2ccc(OC)cc2O)c1. The van der Waals surface area contributed by atoms with Gasteiger partial charge in [-0.25, -0.2) is 0 Å². The molecule has 2 aromatic carbocycles. The van der Waals surface area contributed by atoms with E-state index in [1.165, 1.54) is 33.5 Å². The van der Waals surface area contributed by atoms with Crippen LogP contribution in [0, 0.1) is 0 Å². The highest BCUT2D eigenvalue weighted by Crippen LogP contribution is 2.29. The number of benzene rings is 2. The Morgan fingerprint density at radius 1 is 0.857 bits per heavy atom. The molecular weight excluding hydrogens is 272 g/mol. The van der Waals surface area contributed by atoms with Crippen LogP contribution in [0.25, 0.3) is 0 Å². The van der Waals surface area contributed by atoms with E-state index >= 15 is 0 Å². The van der Waals surface area contributed by atoms with Crippen molar-refractivity contribution in [1.82, 2.24) is 0 Å². The van der Waals surface area contributed by atoms with E-state index in [-0.39, 0.29) is 17.1 Å². The van der Waals surface area contributed by atoms with Gasteiger partial charge in [-0.1, -0.05) is 0 Å². The van der Waals surface area contributed by atoms with Gasteiger partial charge in [0, 0.05) is 17.7 Å². The highest BCUT2D eigenvalue weighted by atomic mass is 16.5. The lowest BCUT2D eigenvalue weighted by Crippen LogP contribution is -2.03. The molecule has 0 aromatic heterocycles. The number of phenolic OH excluding ortho intramolecular Hbond substituents is 1. The van der Waals surface area contributed by atoms with Crippen molar-refractivity contribution in [2.45, 2.75) is 0 Å². The molecule has 0 radical (unpaired) electrons. The van der Waals surface area contributed by atoms with E-state index in [4.69, 9.17) is 14.2 Å². The fourth-order valence-electron chi connectivity index (χ4n) is 1.92. The van der Waals surface area contributed by atoms with E-state index in [1.54, 1.807) is 24.3 Å². The van der Waals surface area contributed by atoms with Crippen LogP contribution in [-0.4, -0.2) is 32.2 Å². The lowest BCUT2D eigenvalue weighted by atomic mass is 10.0. The zero-order valence-corrected chi connectivity index (χ0v) is 12.0. The first kappa shape index (κ1) is 14.7. The molecule has 2 aromatic rings. The summed E-state index contributed by atoms with van der Waals surface area (Å²) in [5.41, 5.74) is 0.553. The molecule has 2 rings (SSSR count). The van der Waals surface area contributed by atoms with Crippen LogP contribution in [-0.2, 0) is 0 Å². The van der Waals surface area contributed by atoms with Crippen molar-refractivity contribution in [3.8, 4) is 23.0 Å². The smallest absolute Gasteiger partial charge is 0.197 e. The van der Waals surface area contributed by atoms with Crippen LogP contribution >= 0.6 is 0 Å². The van der Waals surface area contributed by atoms with Gasteiger partial charge < -0.3 is 19.3 Å². The molecule has 5 heteroatoms. The third-order valence-corrected chi connectivity index (χ3v) is 3.06. The molecule has 0 saturated carbocycles. The topological polar surface area (TPSA) is 65.0 Å². The third kappa shape index (κ3) is 3.08. The number of ketones is 1. The van der Waals surface area contributed by atoms with Gasteiger partial charge in [0.05, 0.1) is 26.9 Å². The maximum Gasteiger partial charge on any atom is 0.197 e. The van der Waals surface area contributed by atoms with E-state index in [2.05, 4.69) is 0 Å². The molecule has 0 atom stereocenters. The first-order valence-electron chi connectivity index (χ1n) is 6.23. The molecule has 0 amide bonds. The van der Waals surface area contributed by atoms with Gasteiger partial charge in [-0.3, -0.25) is 4.79 Å². The van der Waals surface area contributed by atoms with Gasteiger partial charge in [0.25, 0.3) is 0 Å². The zero-order chi connectivity index (χ0) is 15.4. The molecule has 0 bridgehead atoms. The molecule has 1 N–H and O–H groups in total. The quantitative estimate of drug-likeness (QED) is 0.857. The standard InChI is InChI=1S/C16H16O5/c1-19-11-4-5-14(15(17)9-11)16(18)10-6-12(20-2)8-13(7-10)21-3/h4-9,17H,1-3H3. The number of ether oxygens (including phenoxy) is 3. The second-order valence-corrected chi connectivity index (χ2v) is 4.31. The first-order valence-corrected chi connectivity index (χ1v) is 6.23. The predicted molar refractivity (Wildman–Crippen MR) is 77.6 cm³/mol. The average molecular weight is 288 g/mol. The molecule has 5 nitrogen and oxygen atoms in total. The largest absolute Gasteiger partial charge is 0.507 e. The van der Waals surface area contributed by atoms with E-state index in [1.807, 2.05) is 0 Å². The Labute approximate surface area is 122 Å². The summed E-state index contributed by atoms with van der Waals surface area (Å²) in [5, 5.41) is 9.94. The van der Waals surface area contributed by atoms with Crippen molar-refractivity contribution in [3.63, 3.8) is 0 Å². The van der Waals surface area contributed by atoms with E-state index in [0.29, 0.717) is 22.8 Å². The molecule has 0 aliphatic carbocycles. The summed E-state index contributed by atoms with van der Waals surface area (Å²) in [6, 6.07) is 9.38. The van der Waals surface area contributed by atoms with E-state index in [9.17, 15) is 9.90 Å². The maximum absolute atomic E-state index is 12.5. The molecule has 0 aliphatic heterocycles. The van der Waals surface area contributed by atoms with Crippen molar-refractivity contribution < 1.29 is 24.1 Å². The Hall–Kier alpha value is -2.69.